The Labute approximate surface area is 164 Å². The molecule has 1 aromatic rings. The van der Waals surface area contributed by atoms with E-state index in [4.69, 9.17) is 5.11 Å². The van der Waals surface area contributed by atoms with Gasteiger partial charge in [-0.1, -0.05) is 12.8 Å². The smallest absolute Gasteiger partial charge is 0.323 e. The Bertz CT molecular complexity index is 638. The molecule has 3 rings (SSSR count). The first kappa shape index (κ1) is 20.1. The summed E-state index contributed by atoms with van der Waals surface area (Å²) >= 11 is 1.62. The number of thiazole rings is 1. The number of hydrogen-bond donors (Lipinski definition) is 2. The molecule has 1 saturated heterocycles. The number of carboxylic acid groups (broad SMARTS) is 1. The number of carbonyl (C=O) groups is 2. The van der Waals surface area contributed by atoms with Gasteiger partial charge in [-0.15, -0.1) is 11.3 Å². The number of nitrogens with one attached hydrogen (secondary N) is 1. The first-order valence-corrected chi connectivity index (χ1v) is 10.8. The number of aryl methyl sites for hydroxylation is 2. The van der Waals surface area contributed by atoms with E-state index < -0.39 is 5.97 Å². The number of carbonyl (C=O) groups excluding carboxylic acids is 1. The Kier molecular flexibility index (Phi) is 7.07. The van der Waals surface area contributed by atoms with E-state index in [0.717, 1.165) is 37.2 Å². The molecule has 0 spiro atoms. The lowest BCUT2D eigenvalue weighted by atomic mass is 10.0. The number of rotatable bonds is 4. The van der Waals surface area contributed by atoms with Crippen LogP contribution in [0.4, 0.5) is 9.93 Å². The molecule has 1 atom stereocenters. The van der Waals surface area contributed by atoms with E-state index in [-0.39, 0.29) is 18.6 Å². The van der Waals surface area contributed by atoms with Crippen molar-refractivity contribution in [3.8, 4) is 0 Å². The van der Waals surface area contributed by atoms with Gasteiger partial charge in [0.25, 0.3) is 0 Å². The maximum absolute atomic E-state index is 12.7. The lowest BCUT2D eigenvalue weighted by molar-refractivity contribution is -0.138. The van der Waals surface area contributed by atoms with Gasteiger partial charge in [0, 0.05) is 24.0 Å². The number of anilines is 1. The lowest BCUT2D eigenvalue weighted by Crippen LogP contribution is -2.38. The van der Waals surface area contributed by atoms with E-state index in [2.05, 4.69) is 10.3 Å². The van der Waals surface area contributed by atoms with Crippen molar-refractivity contribution in [3.63, 3.8) is 0 Å². The highest BCUT2D eigenvalue weighted by atomic mass is 32.1. The van der Waals surface area contributed by atoms with Crippen molar-refractivity contribution in [1.29, 1.82) is 0 Å². The number of aromatic nitrogens is 1. The number of hydrogen-bond acceptors (Lipinski definition) is 5. The molecule has 27 heavy (non-hydrogen) atoms. The maximum Gasteiger partial charge on any atom is 0.323 e. The molecule has 0 radical (unpaired) electrons. The molecular formula is C19H30N4O3S. The summed E-state index contributed by atoms with van der Waals surface area (Å²) in [6.45, 7) is 1.39. The van der Waals surface area contributed by atoms with Gasteiger partial charge in [-0.05, 0) is 52.0 Å². The molecule has 2 N–H and O–H groups in total. The van der Waals surface area contributed by atoms with E-state index in [1.165, 1.54) is 36.3 Å². The fourth-order valence-corrected chi connectivity index (χ4v) is 5.03. The first-order chi connectivity index (χ1) is 13.0. The lowest BCUT2D eigenvalue weighted by Gasteiger charge is -2.25. The molecule has 0 saturated carbocycles. The minimum Gasteiger partial charge on any atom is -0.480 e. The van der Waals surface area contributed by atoms with Gasteiger partial charge < -0.3 is 10.0 Å². The molecule has 1 fully saturated rings. The zero-order valence-corrected chi connectivity index (χ0v) is 16.9. The molecule has 2 aliphatic rings. The van der Waals surface area contributed by atoms with Crippen molar-refractivity contribution in [1.82, 2.24) is 14.8 Å². The molecule has 1 aliphatic carbocycles. The quantitative estimate of drug-likeness (QED) is 0.819. The van der Waals surface area contributed by atoms with Crippen LogP contribution in [0.1, 0.15) is 55.5 Å². The van der Waals surface area contributed by atoms with E-state index in [1.807, 2.05) is 16.8 Å². The molecule has 0 bridgehead atoms. The van der Waals surface area contributed by atoms with Crippen LogP contribution >= 0.6 is 11.3 Å². The van der Waals surface area contributed by atoms with Gasteiger partial charge in [0.1, 0.15) is 0 Å². The van der Waals surface area contributed by atoms with E-state index in [9.17, 15) is 9.59 Å². The Morgan fingerprint density at radius 3 is 2.74 bits per heavy atom. The van der Waals surface area contributed by atoms with Crippen LogP contribution < -0.4 is 5.32 Å². The molecule has 2 heterocycles. The molecule has 0 aromatic carbocycles. The third kappa shape index (κ3) is 5.65. The van der Waals surface area contributed by atoms with Crippen molar-refractivity contribution in [2.45, 2.75) is 63.8 Å². The van der Waals surface area contributed by atoms with Crippen molar-refractivity contribution < 1.29 is 14.7 Å². The van der Waals surface area contributed by atoms with Crippen molar-refractivity contribution in [3.05, 3.63) is 10.6 Å². The van der Waals surface area contributed by atoms with Crippen LogP contribution in [0.3, 0.4) is 0 Å². The number of amides is 2. The standard InChI is InChI=1S/C19H30N4O3S/c1-22(13-17(24)25)14-7-6-11-23(12-10-14)19(26)21-18-20-15-8-4-2-3-5-9-16(15)27-18/h14H,2-13H2,1H3,(H,24,25)(H,20,21,26). The number of fused-ring (bicyclic) bond motifs is 1. The average molecular weight is 395 g/mol. The summed E-state index contributed by atoms with van der Waals surface area (Å²) in [5.74, 6) is -0.810. The minimum atomic E-state index is -0.810. The summed E-state index contributed by atoms with van der Waals surface area (Å²) < 4.78 is 0. The molecule has 1 aliphatic heterocycles. The van der Waals surface area contributed by atoms with Crippen LogP contribution in [0.15, 0.2) is 0 Å². The first-order valence-electron chi connectivity index (χ1n) is 9.99. The minimum absolute atomic E-state index is 0.0432. The summed E-state index contributed by atoms with van der Waals surface area (Å²) in [6.07, 6.45) is 9.63. The molecule has 150 valence electrons. The number of likely N-dealkylation sites (tertiary alicyclic amines) is 1. The Morgan fingerprint density at radius 1 is 1.19 bits per heavy atom. The van der Waals surface area contributed by atoms with Gasteiger partial charge in [-0.2, -0.15) is 0 Å². The Morgan fingerprint density at radius 2 is 1.96 bits per heavy atom. The highest BCUT2D eigenvalue weighted by molar-refractivity contribution is 7.15. The third-order valence-corrected chi connectivity index (χ3v) is 6.63. The molecule has 7 nitrogen and oxygen atoms in total. The van der Waals surface area contributed by atoms with Gasteiger partial charge in [0.2, 0.25) is 0 Å². The predicted octanol–water partition coefficient (Wildman–Crippen LogP) is 3.20. The number of aliphatic carboxylic acids is 1. The van der Waals surface area contributed by atoms with Crippen LogP contribution in [-0.4, -0.2) is 64.6 Å². The summed E-state index contributed by atoms with van der Waals surface area (Å²) in [7, 11) is 1.85. The monoisotopic (exact) mass is 394 g/mol. The van der Waals surface area contributed by atoms with Crippen molar-refractivity contribution >= 4 is 28.5 Å². The molecule has 1 unspecified atom stereocenters. The molecular weight excluding hydrogens is 364 g/mol. The van der Waals surface area contributed by atoms with Gasteiger partial charge in [-0.3, -0.25) is 15.0 Å². The zero-order valence-electron chi connectivity index (χ0n) is 16.1. The van der Waals surface area contributed by atoms with E-state index >= 15 is 0 Å². The fraction of sp³-hybridized carbons (Fsp3) is 0.737. The van der Waals surface area contributed by atoms with Crippen LogP contribution in [0.25, 0.3) is 0 Å². The topological polar surface area (TPSA) is 85.8 Å². The SMILES string of the molecule is CN(CC(=O)O)C1CCCN(C(=O)Nc2nc3c(s2)CCCCCC3)CC1. The molecule has 2 amide bonds. The summed E-state index contributed by atoms with van der Waals surface area (Å²) in [4.78, 5) is 33.3. The van der Waals surface area contributed by atoms with Crippen LogP contribution in [0.2, 0.25) is 0 Å². The van der Waals surface area contributed by atoms with Gasteiger partial charge in [-0.25, -0.2) is 9.78 Å². The fourth-order valence-electron chi connectivity index (χ4n) is 3.99. The summed E-state index contributed by atoms with van der Waals surface area (Å²) in [5.41, 5.74) is 1.17. The van der Waals surface area contributed by atoms with Crippen LogP contribution in [0.5, 0.6) is 0 Å². The number of likely N-dealkylation sites (N-methyl/N-ethyl adjacent to an activating group) is 1. The van der Waals surface area contributed by atoms with Crippen molar-refractivity contribution in [2.24, 2.45) is 0 Å². The average Bonchev–Trinajstić information content (AvgIpc) is 2.82. The summed E-state index contributed by atoms with van der Waals surface area (Å²) in [5, 5.41) is 12.7. The second-order valence-corrected chi connectivity index (χ2v) is 8.70. The van der Waals surface area contributed by atoms with Gasteiger partial charge in [0.05, 0.1) is 12.2 Å². The highest BCUT2D eigenvalue weighted by Crippen LogP contribution is 2.28. The molecule has 1 aromatic heterocycles. The van der Waals surface area contributed by atoms with Crippen LogP contribution in [0, 0.1) is 0 Å². The summed E-state index contributed by atoms with van der Waals surface area (Å²) in [6, 6.07) is 0.122. The van der Waals surface area contributed by atoms with Gasteiger partial charge >= 0.3 is 12.0 Å². The number of carboxylic acids is 1. The largest absolute Gasteiger partial charge is 0.480 e. The van der Waals surface area contributed by atoms with Crippen molar-refractivity contribution in [2.75, 3.05) is 32.0 Å². The second kappa shape index (κ2) is 9.50. The Hall–Kier alpha value is -1.67. The van der Waals surface area contributed by atoms with E-state index in [1.54, 1.807) is 11.3 Å². The normalized spacial score (nSPS) is 21.1. The maximum atomic E-state index is 12.7. The Balaban J connectivity index is 1.55. The van der Waals surface area contributed by atoms with Gasteiger partial charge in [0.15, 0.2) is 5.13 Å². The number of urea groups is 1. The third-order valence-electron chi connectivity index (χ3n) is 5.55. The highest BCUT2D eigenvalue weighted by Gasteiger charge is 2.25. The predicted molar refractivity (Wildman–Crippen MR) is 106 cm³/mol. The number of nitrogens with zero attached hydrogens (tertiary/aromatic N) is 3. The molecule has 8 heteroatoms. The zero-order chi connectivity index (χ0) is 19.2. The van der Waals surface area contributed by atoms with Crippen LogP contribution in [-0.2, 0) is 17.6 Å². The second-order valence-electron chi connectivity index (χ2n) is 7.61. The van der Waals surface area contributed by atoms with E-state index in [0.29, 0.717) is 13.1 Å².